The van der Waals surface area contributed by atoms with Gasteiger partial charge in [0.2, 0.25) is 0 Å². The van der Waals surface area contributed by atoms with Gasteiger partial charge in [-0.25, -0.2) is 0 Å². The van der Waals surface area contributed by atoms with E-state index in [1.54, 1.807) is 0 Å². The number of rotatable bonds is 6. The van der Waals surface area contributed by atoms with Crippen LogP contribution in [0.4, 0.5) is 0 Å². The van der Waals surface area contributed by atoms with Crippen LogP contribution in [0.1, 0.15) is 50.3 Å². The number of aromatic nitrogens is 1. The molecule has 1 aromatic carbocycles. The molecule has 5 heteroatoms. The second kappa shape index (κ2) is 8.48. The second-order valence-corrected chi connectivity index (χ2v) is 7.66. The van der Waals surface area contributed by atoms with E-state index in [2.05, 4.69) is 21.2 Å². The predicted octanol–water partition coefficient (Wildman–Crippen LogP) is 3.95. The van der Waals surface area contributed by atoms with Gasteiger partial charge in [-0.3, -0.25) is 5.32 Å². The van der Waals surface area contributed by atoms with Gasteiger partial charge in [0.1, 0.15) is 6.23 Å². The molecule has 4 nitrogen and oxygen atoms in total. The summed E-state index contributed by atoms with van der Waals surface area (Å²) in [6.45, 7) is 1.47. The van der Waals surface area contributed by atoms with Crippen LogP contribution in [0.5, 0.6) is 0 Å². The number of fused-ring (bicyclic) bond motifs is 1. The third kappa shape index (κ3) is 4.02. The Morgan fingerprint density at radius 2 is 1.96 bits per heavy atom. The van der Waals surface area contributed by atoms with Crippen molar-refractivity contribution >= 4 is 26.8 Å². The molecule has 1 aromatic heterocycles. The number of hydrogen-bond acceptors (Lipinski definition) is 3. The molecule has 0 radical (unpaired) electrons. The number of aliphatic hydroxyl groups excluding tert-OH is 2. The molecular formula is C19H27BrN2O2. The Labute approximate surface area is 152 Å². The van der Waals surface area contributed by atoms with Gasteiger partial charge in [0.15, 0.2) is 0 Å². The minimum absolute atomic E-state index is 0.0847. The zero-order valence-electron chi connectivity index (χ0n) is 14.0. The Bertz CT molecular complexity index is 663. The van der Waals surface area contributed by atoms with Crippen LogP contribution in [0.2, 0.25) is 0 Å². The van der Waals surface area contributed by atoms with Crippen LogP contribution in [0.3, 0.4) is 0 Å². The fraction of sp³-hybridized carbons (Fsp3) is 0.579. The lowest BCUT2D eigenvalue weighted by molar-refractivity contribution is 0.132. The number of benzene rings is 1. The molecule has 0 saturated heterocycles. The monoisotopic (exact) mass is 394 g/mol. The van der Waals surface area contributed by atoms with Crippen molar-refractivity contribution in [1.29, 1.82) is 0 Å². The highest BCUT2D eigenvalue weighted by molar-refractivity contribution is 9.10. The summed E-state index contributed by atoms with van der Waals surface area (Å²) >= 11 is 3.60. The smallest absolute Gasteiger partial charge is 0.133 e. The highest BCUT2D eigenvalue weighted by Gasteiger charge is 2.19. The average molecular weight is 395 g/mol. The average Bonchev–Trinajstić information content (AvgIpc) is 2.77. The largest absolute Gasteiger partial charge is 0.395 e. The summed E-state index contributed by atoms with van der Waals surface area (Å²) in [6.07, 6.45) is 9.10. The summed E-state index contributed by atoms with van der Waals surface area (Å²) in [4.78, 5) is 0. The highest BCUT2D eigenvalue weighted by atomic mass is 79.9. The zero-order chi connectivity index (χ0) is 16.9. The molecule has 3 N–H and O–H groups in total. The molecule has 0 amide bonds. The van der Waals surface area contributed by atoms with Crippen molar-refractivity contribution in [3.05, 3.63) is 34.4 Å². The summed E-state index contributed by atoms with van der Waals surface area (Å²) in [5.74, 6) is 0.663. The minimum atomic E-state index is -0.686. The molecule has 1 atom stereocenters. The molecule has 24 heavy (non-hydrogen) atoms. The van der Waals surface area contributed by atoms with Gasteiger partial charge in [0.25, 0.3) is 0 Å². The second-order valence-electron chi connectivity index (χ2n) is 6.80. The first-order valence-electron chi connectivity index (χ1n) is 9.00. The molecule has 3 rings (SSSR count). The van der Waals surface area contributed by atoms with E-state index in [0.717, 1.165) is 27.5 Å². The summed E-state index contributed by atoms with van der Waals surface area (Å²) in [5, 5.41) is 24.4. The maximum absolute atomic E-state index is 10.7. The fourth-order valence-corrected chi connectivity index (χ4v) is 4.38. The highest BCUT2D eigenvalue weighted by Crippen LogP contribution is 2.32. The minimum Gasteiger partial charge on any atom is -0.395 e. The molecular weight excluding hydrogens is 368 g/mol. The first-order chi connectivity index (χ1) is 11.7. The Morgan fingerprint density at radius 1 is 1.21 bits per heavy atom. The maximum atomic E-state index is 10.7. The number of halogens is 1. The third-order valence-electron chi connectivity index (χ3n) is 5.09. The van der Waals surface area contributed by atoms with Crippen molar-refractivity contribution in [2.45, 2.75) is 51.3 Å². The van der Waals surface area contributed by atoms with Crippen LogP contribution in [-0.2, 0) is 6.54 Å². The van der Waals surface area contributed by atoms with E-state index in [-0.39, 0.29) is 6.61 Å². The molecule has 1 unspecified atom stereocenters. The van der Waals surface area contributed by atoms with Crippen molar-refractivity contribution in [2.24, 2.45) is 5.92 Å². The first-order valence-corrected chi connectivity index (χ1v) is 9.79. The lowest BCUT2D eigenvalue weighted by Crippen LogP contribution is -2.27. The SMILES string of the molecule is OCCn1cc(C(O)NCC2CCCCCC2)c2c(Br)cccc21. The van der Waals surface area contributed by atoms with Crippen molar-refractivity contribution in [2.75, 3.05) is 13.2 Å². The molecule has 1 aliphatic carbocycles. The van der Waals surface area contributed by atoms with Gasteiger partial charge >= 0.3 is 0 Å². The van der Waals surface area contributed by atoms with Gasteiger partial charge in [-0.05, 0) is 30.9 Å². The molecule has 1 saturated carbocycles. The molecule has 1 aliphatic rings. The van der Waals surface area contributed by atoms with Crippen molar-refractivity contribution in [3.8, 4) is 0 Å². The topological polar surface area (TPSA) is 57.4 Å². The van der Waals surface area contributed by atoms with Crippen LogP contribution >= 0.6 is 15.9 Å². The summed E-state index contributed by atoms with van der Waals surface area (Å²) < 4.78 is 2.98. The molecule has 1 fully saturated rings. The van der Waals surface area contributed by atoms with Crippen molar-refractivity contribution < 1.29 is 10.2 Å². The van der Waals surface area contributed by atoms with Gasteiger partial charge in [-0.2, -0.15) is 0 Å². The quantitative estimate of drug-likeness (QED) is 0.513. The summed E-state index contributed by atoms with van der Waals surface area (Å²) in [6, 6.07) is 6.00. The van der Waals surface area contributed by atoms with Gasteiger partial charge in [0, 0.05) is 40.2 Å². The van der Waals surface area contributed by atoms with E-state index in [1.807, 2.05) is 29.0 Å². The van der Waals surface area contributed by atoms with Crippen LogP contribution in [0.25, 0.3) is 10.9 Å². The Kier molecular flexibility index (Phi) is 6.33. The lowest BCUT2D eigenvalue weighted by atomic mass is 10.0. The maximum Gasteiger partial charge on any atom is 0.133 e. The molecule has 0 aliphatic heterocycles. The lowest BCUT2D eigenvalue weighted by Gasteiger charge is -2.18. The zero-order valence-corrected chi connectivity index (χ0v) is 15.6. The molecule has 132 valence electrons. The normalized spacial score (nSPS) is 18.0. The van der Waals surface area contributed by atoms with E-state index < -0.39 is 6.23 Å². The van der Waals surface area contributed by atoms with E-state index in [1.165, 1.54) is 38.5 Å². The Balaban J connectivity index is 1.77. The predicted molar refractivity (Wildman–Crippen MR) is 101 cm³/mol. The van der Waals surface area contributed by atoms with E-state index >= 15 is 0 Å². The van der Waals surface area contributed by atoms with E-state index in [9.17, 15) is 10.2 Å². The molecule has 0 spiro atoms. The number of hydrogen-bond donors (Lipinski definition) is 3. The molecule has 2 aromatic rings. The van der Waals surface area contributed by atoms with Gasteiger partial charge < -0.3 is 14.8 Å². The van der Waals surface area contributed by atoms with Crippen LogP contribution in [-0.4, -0.2) is 27.9 Å². The van der Waals surface area contributed by atoms with E-state index in [0.29, 0.717) is 12.5 Å². The van der Waals surface area contributed by atoms with Crippen molar-refractivity contribution in [1.82, 2.24) is 9.88 Å². The number of nitrogens with one attached hydrogen (secondary N) is 1. The van der Waals surface area contributed by atoms with Crippen LogP contribution in [0.15, 0.2) is 28.9 Å². The van der Waals surface area contributed by atoms with Crippen LogP contribution < -0.4 is 5.32 Å². The van der Waals surface area contributed by atoms with Crippen LogP contribution in [0, 0.1) is 5.92 Å². The molecule has 1 heterocycles. The third-order valence-corrected chi connectivity index (χ3v) is 5.76. The fourth-order valence-electron chi connectivity index (χ4n) is 3.80. The van der Waals surface area contributed by atoms with Crippen molar-refractivity contribution in [3.63, 3.8) is 0 Å². The van der Waals surface area contributed by atoms with Gasteiger partial charge in [-0.15, -0.1) is 0 Å². The number of aliphatic hydroxyl groups is 2. The first kappa shape index (κ1) is 17.9. The summed E-state index contributed by atoms with van der Waals surface area (Å²) in [5.41, 5.74) is 1.91. The number of nitrogens with zero attached hydrogens (tertiary/aromatic N) is 1. The summed E-state index contributed by atoms with van der Waals surface area (Å²) in [7, 11) is 0. The molecule has 0 bridgehead atoms. The van der Waals surface area contributed by atoms with Gasteiger partial charge in [-0.1, -0.05) is 47.7 Å². The van der Waals surface area contributed by atoms with E-state index in [4.69, 9.17) is 0 Å². The van der Waals surface area contributed by atoms with Gasteiger partial charge in [0.05, 0.1) is 6.61 Å². The Hall–Kier alpha value is -0.880. The Morgan fingerprint density at radius 3 is 2.67 bits per heavy atom. The standard InChI is InChI=1S/C19H27BrN2O2/c20-16-8-5-9-17-18(16)15(13-22(17)10-11-23)19(24)21-12-14-6-3-1-2-4-7-14/h5,8-9,13-14,19,21,23-24H,1-4,6-7,10-12H2.